The summed E-state index contributed by atoms with van der Waals surface area (Å²) in [5.74, 6) is 2.56. The number of ether oxygens (including phenoxy) is 2. The Hall–Kier alpha value is -3.00. The first-order valence-corrected chi connectivity index (χ1v) is 10.3. The first-order chi connectivity index (χ1) is 14.7. The van der Waals surface area contributed by atoms with E-state index in [4.69, 9.17) is 25.5 Å². The number of nitrogens with one attached hydrogen (secondary N) is 1. The van der Waals surface area contributed by atoms with Gasteiger partial charge in [-0.3, -0.25) is 0 Å². The molecule has 9 heteroatoms. The van der Waals surface area contributed by atoms with E-state index in [2.05, 4.69) is 15.3 Å². The number of aromatic nitrogens is 2. The summed E-state index contributed by atoms with van der Waals surface area (Å²) >= 11 is 6.16. The molecule has 0 spiro atoms. The van der Waals surface area contributed by atoms with Crippen LogP contribution < -0.4 is 10.1 Å². The van der Waals surface area contributed by atoms with Crippen LogP contribution in [0.4, 0.5) is 10.6 Å². The van der Waals surface area contributed by atoms with Crippen LogP contribution in [0.15, 0.2) is 41.0 Å². The van der Waals surface area contributed by atoms with Crippen molar-refractivity contribution in [1.29, 1.82) is 0 Å². The Morgan fingerprint density at radius 1 is 1.23 bits per heavy atom. The van der Waals surface area contributed by atoms with E-state index in [9.17, 15) is 4.79 Å². The smallest absolute Gasteiger partial charge is 0.410 e. The number of benzene rings is 1. The lowest BCUT2D eigenvalue weighted by atomic mass is 10.2. The summed E-state index contributed by atoms with van der Waals surface area (Å²) in [6, 6.07) is 9.29. The van der Waals surface area contributed by atoms with Gasteiger partial charge in [0.25, 0.3) is 0 Å². The van der Waals surface area contributed by atoms with Crippen LogP contribution in [-0.2, 0) is 11.3 Å². The SMILES string of the molecule is O=C1OC(COc2cccc3c(NCc4ccco4)nc(Cl)nc23)CN1CC1CC1. The van der Waals surface area contributed by atoms with Gasteiger partial charge in [0.1, 0.15) is 29.5 Å². The molecule has 8 nitrogen and oxygen atoms in total. The monoisotopic (exact) mass is 428 g/mol. The first-order valence-electron chi connectivity index (χ1n) is 9.96. The number of para-hydroxylation sites is 1. The van der Waals surface area contributed by atoms with Gasteiger partial charge in [-0.2, -0.15) is 0 Å². The zero-order chi connectivity index (χ0) is 20.5. The Kier molecular flexibility index (Phi) is 5.08. The van der Waals surface area contributed by atoms with Crippen LogP contribution in [0.25, 0.3) is 10.9 Å². The summed E-state index contributed by atoms with van der Waals surface area (Å²) < 4.78 is 16.8. The van der Waals surface area contributed by atoms with E-state index in [1.165, 1.54) is 12.8 Å². The average Bonchev–Trinajstić information content (AvgIpc) is 3.26. The zero-order valence-electron chi connectivity index (χ0n) is 16.2. The lowest BCUT2D eigenvalue weighted by molar-refractivity contribution is 0.103. The van der Waals surface area contributed by atoms with E-state index in [1.54, 1.807) is 11.2 Å². The van der Waals surface area contributed by atoms with Crippen molar-refractivity contribution >= 4 is 34.4 Å². The fourth-order valence-corrected chi connectivity index (χ4v) is 3.71. The van der Waals surface area contributed by atoms with Crippen molar-refractivity contribution in [3.8, 4) is 5.75 Å². The van der Waals surface area contributed by atoms with Gasteiger partial charge in [0.2, 0.25) is 5.28 Å². The highest BCUT2D eigenvalue weighted by Crippen LogP contribution is 2.32. The fourth-order valence-electron chi connectivity index (χ4n) is 3.54. The van der Waals surface area contributed by atoms with E-state index >= 15 is 0 Å². The van der Waals surface area contributed by atoms with Gasteiger partial charge in [0, 0.05) is 11.9 Å². The molecule has 1 N–H and O–H groups in total. The number of hydrogen-bond acceptors (Lipinski definition) is 7. The number of carbonyl (C=O) groups is 1. The van der Waals surface area contributed by atoms with E-state index in [0.29, 0.717) is 36.1 Å². The van der Waals surface area contributed by atoms with Crippen molar-refractivity contribution in [2.24, 2.45) is 5.92 Å². The molecule has 1 unspecified atom stereocenters. The number of carbonyl (C=O) groups excluding carboxylic acids is 1. The highest BCUT2D eigenvalue weighted by Gasteiger charge is 2.35. The Balaban J connectivity index is 1.30. The maximum absolute atomic E-state index is 12.0. The predicted molar refractivity (Wildman–Crippen MR) is 111 cm³/mol. The number of amides is 1. The molecule has 3 heterocycles. The molecule has 1 saturated carbocycles. The molecule has 1 aromatic carbocycles. The molecular weight excluding hydrogens is 408 g/mol. The van der Waals surface area contributed by atoms with Crippen molar-refractivity contribution < 1.29 is 18.7 Å². The van der Waals surface area contributed by atoms with Crippen molar-refractivity contribution in [2.75, 3.05) is 25.0 Å². The number of hydrogen-bond donors (Lipinski definition) is 1. The van der Waals surface area contributed by atoms with Gasteiger partial charge >= 0.3 is 6.09 Å². The molecule has 2 fully saturated rings. The third kappa shape index (κ3) is 4.14. The van der Waals surface area contributed by atoms with E-state index in [-0.39, 0.29) is 24.1 Å². The molecule has 1 saturated heterocycles. The molecule has 5 rings (SSSR count). The van der Waals surface area contributed by atoms with Crippen LogP contribution in [-0.4, -0.2) is 46.8 Å². The van der Waals surface area contributed by atoms with Crippen LogP contribution in [0.1, 0.15) is 18.6 Å². The molecule has 2 aromatic heterocycles. The van der Waals surface area contributed by atoms with E-state index < -0.39 is 0 Å². The van der Waals surface area contributed by atoms with Gasteiger partial charge in [0.15, 0.2) is 6.10 Å². The van der Waals surface area contributed by atoms with Crippen LogP contribution >= 0.6 is 11.6 Å². The van der Waals surface area contributed by atoms with Crippen LogP contribution in [0.2, 0.25) is 5.28 Å². The van der Waals surface area contributed by atoms with Gasteiger partial charge in [-0.1, -0.05) is 6.07 Å². The Morgan fingerprint density at radius 3 is 2.93 bits per heavy atom. The van der Waals surface area contributed by atoms with Crippen molar-refractivity contribution in [1.82, 2.24) is 14.9 Å². The highest BCUT2D eigenvalue weighted by molar-refractivity contribution is 6.29. The van der Waals surface area contributed by atoms with Crippen molar-refractivity contribution in [3.05, 3.63) is 47.6 Å². The summed E-state index contributed by atoms with van der Waals surface area (Å²) in [5.41, 5.74) is 0.596. The second kappa shape index (κ2) is 8.02. The molecule has 1 atom stereocenters. The third-order valence-electron chi connectivity index (χ3n) is 5.22. The number of rotatable bonds is 8. The minimum Gasteiger partial charge on any atom is -0.487 e. The zero-order valence-corrected chi connectivity index (χ0v) is 17.0. The lowest BCUT2D eigenvalue weighted by Crippen LogP contribution is -2.28. The Labute approximate surface area is 178 Å². The standard InChI is InChI=1S/C21H21ClN4O4/c22-20-24-18-16(19(25-20)23-9-14-3-2-8-28-14)4-1-5-17(18)29-12-15-11-26(21(27)30-15)10-13-6-7-13/h1-5,8,13,15H,6-7,9-12H2,(H,23,24,25). The van der Waals surface area contributed by atoms with Gasteiger partial charge in [-0.15, -0.1) is 0 Å². The highest BCUT2D eigenvalue weighted by atomic mass is 35.5. The predicted octanol–water partition coefficient (Wildman–Crippen LogP) is 4.10. The Morgan fingerprint density at radius 2 is 2.13 bits per heavy atom. The molecule has 1 aliphatic carbocycles. The second-order valence-electron chi connectivity index (χ2n) is 7.59. The quantitative estimate of drug-likeness (QED) is 0.540. The fraction of sp³-hybridized carbons (Fsp3) is 0.381. The largest absolute Gasteiger partial charge is 0.487 e. The van der Waals surface area contributed by atoms with Gasteiger partial charge in [-0.25, -0.2) is 14.8 Å². The molecule has 1 amide bonds. The summed E-state index contributed by atoms with van der Waals surface area (Å²) in [7, 11) is 0. The van der Waals surface area contributed by atoms with E-state index in [0.717, 1.165) is 17.7 Å². The number of cyclic esters (lactones) is 1. The minimum absolute atomic E-state index is 0.114. The number of halogens is 1. The molecule has 2 aliphatic rings. The average molecular weight is 429 g/mol. The molecule has 1 aliphatic heterocycles. The van der Waals surface area contributed by atoms with Crippen LogP contribution in [0.3, 0.4) is 0 Å². The van der Waals surface area contributed by atoms with Crippen LogP contribution in [0.5, 0.6) is 5.75 Å². The second-order valence-corrected chi connectivity index (χ2v) is 7.93. The maximum Gasteiger partial charge on any atom is 0.410 e. The van der Waals surface area contributed by atoms with Gasteiger partial charge < -0.3 is 24.1 Å². The first kappa shape index (κ1) is 19.0. The molecule has 0 radical (unpaired) electrons. The van der Waals surface area contributed by atoms with Crippen LogP contribution in [0, 0.1) is 5.92 Å². The summed E-state index contributed by atoms with van der Waals surface area (Å²) in [6.07, 6.45) is 3.44. The molecule has 156 valence electrons. The van der Waals surface area contributed by atoms with Crippen molar-refractivity contribution in [3.63, 3.8) is 0 Å². The van der Waals surface area contributed by atoms with E-state index in [1.807, 2.05) is 30.3 Å². The Bertz CT molecular complexity index is 1050. The van der Waals surface area contributed by atoms with Crippen molar-refractivity contribution in [2.45, 2.75) is 25.5 Å². The topological polar surface area (TPSA) is 89.7 Å². The lowest BCUT2D eigenvalue weighted by Gasteiger charge is -2.14. The number of furan rings is 1. The normalized spacial score (nSPS) is 18.6. The maximum atomic E-state index is 12.0. The summed E-state index contributed by atoms with van der Waals surface area (Å²) in [5, 5.41) is 4.12. The third-order valence-corrected chi connectivity index (χ3v) is 5.39. The minimum atomic E-state index is -0.305. The summed E-state index contributed by atoms with van der Waals surface area (Å²) in [4.78, 5) is 22.4. The van der Waals surface area contributed by atoms with Gasteiger partial charge in [-0.05, 0) is 54.6 Å². The molecule has 3 aromatic rings. The molecule has 0 bridgehead atoms. The summed E-state index contributed by atoms with van der Waals surface area (Å²) in [6.45, 7) is 2.04. The van der Waals surface area contributed by atoms with Gasteiger partial charge in [0.05, 0.1) is 19.4 Å². The number of fused-ring (bicyclic) bond motifs is 1. The molecular formula is C21H21ClN4O4. The number of nitrogens with zero attached hydrogens (tertiary/aromatic N) is 3. The molecule has 30 heavy (non-hydrogen) atoms. The number of anilines is 1.